The topological polar surface area (TPSA) is 81.0 Å². The van der Waals surface area contributed by atoms with Crippen LogP contribution < -0.4 is 10.2 Å². The fourth-order valence-electron chi connectivity index (χ4n) is 5.34. The number of nitrogens with one attached hydrogen (secondary N) is 1. The summed E-state index contributed by atoms with van der Waals surface area (Å²) in [6.45, 7) is 3.10. The van der Waals surface area contributed by atoms with Crippen LogP contribution in [0.25, 0.3) is 22.6 Å². The molecule has 1 aliphatic carbocycles. The molecule has 1 aromatic carbocycles. The average molecular weight is 538 g/mol. The second-order valence-electron chi connectivity index (χ2n) is 10.1. The third-order valence-corrected chi connectivity index (χ3v) is 7.44. The van der Waals surface area contributed by atoms with Gasteiger partial charge in [0, 0.05) is 37.4 Å². The molecular weight excluding hydrogens is 507 g/mol. The molecule has 4 aromatic rings. The Kier molecular flexibility index (Phi) is 7.07. The zero-order valence-corrected chi connectivity index (χ0v) is 21.5. The van der Waals surface area contributed by atoms with Gasteiger partial charge in [0.2, 0.25) is 0 Å². The van der Waals surface area contributed by atoms with Gasteiger partial charge in [0.05, 0.1) is 25.1 Å². The van der Waals surface area contributed by atoms with Crippen molar-refractivity contribution < 1.29 is 17.9 Å². The largest absolute Gasteiger partial charge is 0.416 e. The normalized spacial score (nSPS) is 17.1. The van der Waals surface area contributed by atoms with Gasteiger partial charge in [-0.2, -0.15) is 13.2 Å². The van der Waals surface area contributed by atoms with Crippen LogP contribution in [0.2, 0.25) is 0 Å². The van der Waals surface area contributed by atoms with Gasteiger partial charge in [0.1, 0.15) is 11.3 Å². The molecule has 0 radical (unpaired) electrons. The molecular formula is C28H30F3N7O. The minimum Gasteiger partial charge on any atom is -0.378 e. The van der Waals surface area contributed by atoms with Crippen LogP contribution in [0.5, 0.6) is 0 Å². The maximum Gasteiger partial charge on any atom is 0.416 e. The molecule has 8 nitrogen and oxygen atoms in total. The number of fused-ring (bicyclic) bond motifs is 1. The number of alkyl halides is 3. The summed E-state index contributed by atoms with van der Waals surface area (Å²) < 4.78 is 47.3. The van der Waals surface area contributed by atoms with Gasteiger partial charge in [-0.15, -0.1) is 0 Å². The maximum atomic E-state index is 13.2. The van der Waals surface area contributed by atoms with E-state index in [1.165, 1.54) is 12.5 Å². The number of ether oxygens (including phenoxy) is 1. The molecule has 0 amide bonds. The van der Waals surface area contributed by atoms with E-state index in [2.05, 4.69) is 24.8 Å². The first kappa shape index (κ1) is 25.5. The van der Waals surface area contributed by atoms with Crippen LogP contribution in [0, 0.1) is 0 Å². The molecule has 4 heterocycles. The third kappa shape index (κ3) is 5.54. The lowest BCUT2D eigenvalue weighted by atomic mass is 9.95. The summed E-state index contributed by atoms with van der Waals surface area (Å²) in [5, 5.41) is 3.24. The number of halogens is 3. The summed E-state index contributed by atoms with van der Waals surface area (Å²) in [5.41, 5.74) is 1.90. The highest BCUT2D eigenvalue weighted by Gasteiger charge is 2.30. The molecule has 0 unspecified atom stereocenters. The van der Waals surface area contributed by atoms with E-state index in [9.17, 15) is 13.2 Å². The van der Waals surface area contributed by atoms with Crippen LogP contribution in [0.15, 0.2) is 48.9 Å². The predicted molar refractivity (Wildman–Crippen MR) is 142 cm³/mol. The minimum atomic E-state index is -4.40. The third-order valence-electron chi connectivity index (χ3n) is 7.44. The summed E-state index contributed by atoms with van der Waals surface area (Å²) in [6.07, 6.45) is 4.87. The Morgan fingerprint density at radius 2 is 1.79 bits per heavy atom. The lowest BCUT2D eigenvalue weighted by Gasteiger charge is -2.27. The number of nitrogens with zero attached hydrogens (tertiary/aromatic N) is 6. The first-order valence-electron chi connectivity index (χ1n) is 13.4. The Hall–Kier alpha value is -3.73. The van der Waals surface area contributed by atoms with Crippen molar-refractivity contribution in [2.75, 3.05) is 36.5 Å². The van der Waals surface area contributed by atoms with E-state index in [0.29, 0.717) is 42.0 Å². The lowest BCUT2D eigenvalue weighted by Crippen LogP contribution is -2.36. The van der Waals surface area contributed by atoms with Gasteiger partial charge in [0.25, 0.3) is 0 Å². The second kappa shape index (κ2) is 10.8. The van der Waals surface area contributed by atoms with Gasteiger partial charge in [-0.25, -0.2) is 19.9 Å². The van der Waals surface area contributed by atoms with Crippen molar-refractivity contribution in [3.8, 4) is 11.4 Å². The minimum absolute atomic E-state index is 0.167. The number of morpholine rings is 1. The van der Waals surface area contributed by atoms with Crippen LogP contribution in [-0.4, -0.2) is 50.8 Å². The molecule has 6 rings (SSSR count). The van der Waals surface area contributed by atoms with Crippen molar-refractivity contribution in [1.29, 1.82) is 0 Å². The number of imidazole rings is 1. The number of rotatable bonds is 6. The van der Waals surface area contributed by atoms with E-state index < -0.39 is 11.7 Å². The number of hydrogen-bond donors (Lipinski definition) is 1. The molecule has 1 saturated carbocycles. The van der Waals surface area contributed by atoms with Gasteiger partial charge in [0.15, 0.2) is 17.3 Å². The zero-order valence-electron chi connectivity index (χ0n) is 21.5. The van der Waals surface area contributed by atoms with Gasteiger partial charge >= 0.3 is 6.18 Å². The maximum absolute atomic E-state index is 13.2. The average Bonchev–Trinajstić information content (AvgIpc) is 3.41. The Morgan fingerprint density at radius 1 is 0.974 bits per heavy atom. The van der Waals surface area contributed by atoms with Crippen LogP contribution in [0.3, 0.4) is 0 Å². The van der Waals surface area contributed by atoms with E-state index in [-0.39, 0.29) is 6.54 Å². The molecule has 1 saturated heterocycles. The van der Waals surface area contributed by atoms with Crippen molar-refractivity contribution in [3.05, 3.63) is 60.0 Å². The number of aromatic nitrogens is 5. The quantitative estimate of drug-likeness (QED) is 0.330. The summed E-state index contributed by atoms with van der Waals surface area (Å²) in [4.78, 5) is 21.1. The van der Waals surface area contributed by atoms with E-state index in [4.69, 9.17) is 14.7 Å². The van der Waals surface area contributed by atoms with Crippen molar-refractivity contribution in [1.82, 2.24) is 24.5 Å². The van der Waals surface area contributed by atoms with Gasteiger partial charge < -0.3 is 19.5 Å². The Balaban J connectivity index is 1.34. The van der Waals surface area contributed by atoms with E-state index in [1.54, 1.807) is 12.3 Å². The van der Waals surface area contributed by atoms with Crippen LogP contribution >= 0.6 is 0 Å². The molecule has 0 spiro atoms. The molecule has 0 bridgehead atoms. The predicted octanol–water partition coefficient (Wildman–Crippen LogP) is 5.86. The monoisotopic (exact) mass is 537 g/mol. The molecule has 39 heavy (non-hydrogen) atoms. The summed E-state index contributed by atoms with van der Waals surface area (Å²) >= 11 is 0. The highest BCUT2D eigenvalue weighted by Crippen LogP contribution is 2.33. The van der Waals surface area contributed by atoms with Crippen LogP contribution in [0.1, 0.15) is 49.3 Å². The number of benzene rings is 1. The summed E-state index contributed by atoms with van der Waals surface area (Å²) in [5.74, 6) is 1.85. The molecule has 0 atom stereocenters. The van der Waals surface area contributed by atoms with Crippen molar-refractivity contribution in [2.45, 2.75) is 50.9 Å². The first-order valence-corrected chi connectivity index (χ1v) is 13.4. The first-order chi connectivity index (χ1) is 19.0. The molecule has 3 aromatic heterocycles. The number of pyridine rings is 1. The van der Waals surface area contributed by atoms with E-state index >= 15 is 0 Å². The van der Waals surface area contributed by atoms with Gasteiger partial charge in [-0.05, 0) is 42.7 Å². The highest BCUT2D eigenvalue weighted by atomic mass is 19.4. The zero-order chi connectivity index (χ0) is 26.8. The van der Waals surface area contributed by atoms with Crippen LogP contribution in [0.4, 0.5) is 24.8 Å². The molecule has 1 N–H and O–H groups in total. The fraction of sp³-hybridized carbons (Fsp3) is 0.429. The Bertz CT molecular complexity index is 1430. The van der Waals surface area contributed by atoms with E-state index in [0.717, 1.165) is 67.9 Å². The van der Waals surface area contributed by atoms with Gasteiger partial charge in [-0.3, -0.25) is 0 Å². The SMILES string of the molecule is FC(F)(F)c1cccc(CNc2nc(-c3ccc(N4CCOCC4)nc3)nc3c2ncn3C2CCCCC2)c1. The summed E-state index contributed by atoms with van der Waals surface area (Å²) in [7, 11) is 0. The number of hydrogen-bond acceptors (Lipinski definition) is 7. The Morgan fingerprint density at radius 3 is 2.54 bits per heavy atom. The van der Waals surface area contributed by atoms with Crippen molar-refractivity contribution in [2.24, 2.45) is 0 Å². The smallest absolute Gasteiger partial charge is 0.378 e. The molecule has 1 aliphatic heterocycles. The van der Waals surface area contributed by atoms with Gasteiger partial charge in [-0.1, -0.05) is 31.4 Å². The molecule has 2 fully saturated rings. The second-order valence-corrected chi connectivity index (χ2v) is 10.1. The molecule has 2 aliphatic rings. The molecule has 204 valence electrons. The Labute approximate surface area is 224 Å². The lowest BCUT2D eigenvalue weighted by molar-refractivity contribution is -0.137. The highest BCUT2D eigenvalue weighted by molar-refractivity contribution is 5.85. The molecule has 11 heteroatoms. The van der Waals surface area contributed by atoms with Crippen molar-refractivity contribution >= 4 is 22.8 Å². The summed E-state index contributed by atoms with van der Waals surface area (Å²) in [6, 6.07) is 9.53. The fourth-order valence-corrected chi connectivity index (χ4v) is 5.34. The number of anilines is 2. The standard InChI is InChI=1S/C28H30F3N7O/c29-28(30,31)21-6-4-5-19(15-21)16-33-26-24-27(38(18-34-24)22-7-2-1-3-8-22)36-25(35-26)20-9-10-23(32-17-20)37-11-13-39-14-12-37/h4-6,9-10,15,17-18,22H,1-3,7-8,11-14,16H2,(H,33,35,36). The van der Waals surface area contributed by atoms with E-state index in [1.807, 2.05) is 18.5 Å². The van der Waals surface area contributed by atoms with Crippen molar-refractivity contribution in [3.63, 3.8) is 0 Å². The van der Waals surface area contributed by atoms with Crippen LogP contribution in [-0.2, 0) is 17.5 Å².